The highest BCUT2D eigenvalue weighted by molar-refractivity contribution is 7.13. The van der Waals surface area contributed by atoms with Crippen molar-refractivity contribution in [3.8, 4) is 10.4 Å². The number of rotatable bonds is 6. The monoisotopic (exact) mass is 334 g/mol. The minimum Gasteiger partial charge on any atom is -0.467 e. The van der Waals surface area contributed by atoms with E-state index in [4.69, 9.17) is 10.5 Å². The second-order valence-electron chi connectivity index (χ2n) is 4.79. The third-order valence-corrected chi connectivity index (χ3v) is 4.10. The Hall–Kier alpha value is -2.38. The Morgan fingerprint density at radius 2 is 2.09 bits per heavy atom. The zero-order valence-corrected chi connectivity index (χ0v) is 13.7. The Labute approximate surface area is 138 Å². The molecule has 0 radical (unpaired) electrons. The predicted octanol–water partition coefficient (Wildman–Crippen LogP) is 1.92. The van der Waals surface area contributed by atoms with E-state index in [1.165, 1.54) is 25.6 Å². The molecule has 0 aliphatic heterocycles. The van der Waals surface area contributed by atoms with E-state index in [0.717, 1.165) is 10.4 Å². The van der Waals surface area contributed by atoms with Crippen LogP contribution in [0.5, 0.6) is 0 Å². The fourth-order valence-electron chi connectivity index (χ4n) is 2.11. The largest absolute Gasteiger partial charge is 0.467 e. The number of thiophene rings is 1. The number of esters is 1. The topological polar surface area (TPSA) is 90.6 Å². The Morgan fingerprint density at radius 3 is 2.70 bits per heavy atom. The van der Waals surface area contributed by atoms with Gasteiger partial charge in [-0.05, 0) is 29.6 Å². The molecular formula is C16H18N2O4S. The van der Waals surface area contributed by atoms with Crippen molar-refractivity contribution < 1.29 is 19.1 Å². The van der Waals surface area contributed by atoms with Gasteiger partial charge in [-0.3, -0.25) is 4.79 Å². The van der Waals surface area contributed by atoms with Crippen LogP contribution in [-0.4, -0.2) is 38.7 Å². The van der Waals surface area contributed by atoms with Gasteiger partial charge in [-0.25, -0.2) is 4.79 Å². The highest BCUT2D eigenvalue weighted by Gasteiger charge is 2.23. The van der Waals surface area contributed by atoms with Crippen LogP contribution in [0, 0.1) is 0 Å². The van der Waals surface area contributed by atoms with Crippen molar-refractivity contribution in [2.45, 2.75) is 6.04 Å². The fourth-order valence-corrected chi connectivity index (χ4v) is 2.87. The maximum Gasteiger partial charge on any atom is 0.330 e. The van der Waals surface area contributed by atoms with E-state index in [0.29, 0.717) is 11.3 Å². The van der Waals surface area contributed by atoms with E-state index in [1.54, 1.807) is 18.2 Å². The lowest BCUT2D eigenvalue weighted by Crippen LogP contribution is -2.44. The summed E-state index contributed by atoms with van der Waals surface area (Å²) in [6.07, 6.45) is 0. The second kappa shape index (κ2) is 7.75. The highest BCUT2D eigenvalue weighted by Crippen LogP contribution is 2.30. The zero-order chi connectivity index (χ0) is 16.8. The van der Waals surface area contributed by atoms with Gasteiger partial charge in [0.05, 0.1) is 13.7 Å². The van der Waals surface area contributed by atoms with Gasteiger partial charge in [-0.15, -0.1) is 11.3 Å². The molecule has 122 valence electrons. The highest BCUT2D eigenvalue weighted by atomic mass is 32.1. The normalized spacial score (nSPS) is 11.7. The van der Waals surface area contributed by atoms with Gasteiger partial charge < -0.3 is 20.5 Å². The lowest BCUT2D eigenvalue weighted by molar-refractivity contribution is -0.144. The molecule has 0 unspecified atom stereocenters. The second-order valence-corrected chi connectivity index (χ2v) is 5.73. The molecule has 0 spiro atoms. The molecule has 0 aliphatic rings. The first-order valence-corrected chi connectivity index (χ1v) is 7.75. The maximum absolute atomic E-state index is 12.6. The maximum atomic E-state index is 12.6. The third kappa shape index (κ3) is 4.08. The number of ether oxygens (including phenoxy) is 2. The summed E-state index contributed by atoms with van der Waals surface area (Å²) in [5.41, 5.74) is 7.55. The zero-order valence-electron chi connectivity index (χ0n) is 12.9. The molecule has 0 saturated carbocycles. The lowest BCUT2D eigenvalue weighted by atomic mass is 10.0. The molecule has 1 heterocycles. The minimum absolute atomic E-state index is 0.0295. The van der Waals surface area contributed by atoms with Crippen molar-refractivity contribution in [1.82, 2.24) is 5.32 Å². The molecule has 0 saturated heterocycles. The first-order chi connectivity index (χ1) is 11.1. The van der Waals surface area contributed by atoms with E-state index < -0.39 is 12.0 Å². The number of carbonyl (C=O) groups excluding carboxylic acids is 2. The number of methoxy groups -OCH3 is 2. The van der Waals surface area contributed by atoms with Crippen LogP contribution in [0.1, 0.15) is 10.4 Å². The molecule has 0 bridgehead atoms. The van der Waals surface area contributed by atoms with E-state index >= 15 is 0 Å². The number of benzene rings is 1. The molecule has 2 aromatic rings. The lowest BCUT2D eigenvalue weighted by Gasteiger charge is -2.17. The minimum atomic E-state index is -0.869. The average Bonchev–Trinajstić information content (AvgIpc) is 3.07. The standard InChI is InChI=1S/C16H18N2O4S/c1-21-9-13(16(20)22-2)18-15(19)11-6-5-10(17)8-12(11)14-4-3-7-23-14/h3-8,13H,9,17H2,1-2H3,(H,18,19)/t13-/m0/s1. The van der Waals surface area contributed by atoms with Crippen molar-refractivity contribution in [2.24, 2.45) is 0 Å². The number of amides is 1. The molecule has 1 atom stereocenters. The van der Waals surface area contributed by atoms with Crippen molar-refractivity contribution >= 4 is 28.9 Å². The van der Waals surface area contributed by atoms with Crippen molar-refractivity contribution in [1.29, 1.82) is 0 Å². The molecule has 1 aromatic carbocycles. The Bertz CT molecular complexity index is 685. The summed E-state index contributed by atoms with van der Waals surface area (Å²) in [5, 5.41) is 4.55. The molecule has 3 N–H and O–H groups in total. The van der Waals surface area contributed by atoms with Gasteiger partial charge in [0.25, 0.3) is 5.91 Å². The van der Waals surface area contributed by atoms with Gasteiger partial charge in [0, 0.05) is 28.8 Å². The van der Waals surface area contributed by atoms with Gasteiger partial charge in [0.1, 0.15) is 0 Å². The molecule has 1 aromatic heterocycles. The van der Waals surface area contributed by atoms with Gasteiger partial charge in [-0.1, -0.05) is 6.07 Å². The number of anilines is 1. The summed E-state index contributed by atoms with van der Waals surface area (Å²) in [4.78, 5) is 25.2. The molecule has 2 rings (SSSR count). The molecule has 0 fully saturated rings. The van der Waals surface area contributed by atoms with Crippen LogP contribution in [0.25, 0.3) is 10.4 Å². The Kier molecular flexibility index (Phi) is 5.72. The number of carbonyl (C=O) groups is 2. The molecule has 23 heavy (non-hydrogen) atoms. The van der Waals surface area contributed by atoms with Crippen molar-refractivity contribution in [3.05, 3.63) is 41.3 Å². The first-order valence-electron chi connectivity index (χ1n) is 6.88. The van der Waals surface area contributed by atoms with E-state index in [2.05, 4.69) is 10.1 Å². The van der Waals surface area contributed by atoms with Gasteiger partial charge in [-0.2, -0.15) is 0 Å². The fraction of sp³-hybridized carbons (Fsp3) is 0.250. The van der Waals surface area contributed by atoms with Crippen LogP contribution >= 0.6 is 11.3 Å². The number of nitrogens with two attached hydrogens (primary N) is 1. The third-order valence-electron chi connectivity index (χ3n) is 3.20. The number of hydrogen-bond donors (Lipinski definition) is 2. The van der Waals surface area contributed by atoms with Gasteiger partial charge in [0.2, 0.25) is 0 Å². The van der Waals surface area contributed by atoms with Crippen LogP contribution < -0.4 is 11.1 Å². The predicted molar refractivity (Wildman–Crippen MR) is 89.3 cm³/mol. The number of nitrogens with one attached hydrogen (secondary N) is 1. The molecule has 0 aliphatic carbocycles. The van der Waals surface area contributed by atoms with Crippen LogP contribution in [-0.2, 0) is 14.3 Å². The quantitative estimate of drug-likeness (QED) is 0.622. The summed E-state index contributed by atoms with van der Waals surface area (Å²) >= 11 is 1.50. The molecular weight excluding hydrogens is 316 g/mol. The van der Waals surface area contributed by atoms with Gasteiger partial charge >= 0.3 is 5.97 Å². The average molecular weight is 334 g/mol. The summed E-state index contributed by atoms with van der Waals surface area (Å²) in [6, 6.07) is 7.96. The van der Waals surface area contributed by atoms with Gasteiger partial charge in [0.15, 0.2) is 6.04 Å². The van der Waals surface area contributed by atoms with Crippen molar-refractivity contribution in [3.63, 3.8) is 0 Å². The van der Waals surface area contributed by atoms with Crippen LogP contribution in [0.2, 0.25) is 0 Å². The molecule has 1 amide bonds. The molecule has 6 nitrogen and oxygen atoms in total. The van der Waals surface area contributed by atoms with E-state index in [1.807, 2.05) is 17.5 Å². The Morgan fingerprint density at radius 1 is 1.30 bits per heavy atom. The van der Waals surface area contributed by atoms with Crippen molar-refractivity contribution in [2.75, 3.05) is 26.6 Å². The first kappa shape index (κ1) is 17.0. The smallest absolute Gasteiger partial charge is 0.330 e. The SMILES string of the molecule is COC[C@H](NC(=O)c1ccc(N)cc1-c1cccs1)C(=O)OC. The summed E-state index contributed by atoms with van der Waals surface area (Å²) < 4.78 is 9.62. The molecule has 7 heteroatoms. The van der Waals surface area contributed by atoms with Crippen LogP contribution in [0.4, 0.5) is 5.69 Å². The number of hydrogen-bond acceptors (Lipinski definition) is 6. The summed E-state index contributed by atoms with van der Waals surface area (Å²) in [6.45, 7) is 0.0295. The number of nitrogen functional groups attached to an aromatic ring is 1. The van der Waals surface area contributed by atoms with E-state index in [-0.39, 0.29) is 12.5 Å². The van der Waals surface area contributed by atoms with Crippen LogP contribution in [0.15, 0.2) is 35.7 Å². The van der Waals surface area contributed by atoms with E-state index in [9.17, 15) is 9.59 Å². The summed E-state index contributed by atoms with van der Waals surface area (Å²) in [7, 11) is 2.71. The van der Waals surface area contributed by atoms with Crippen LogP contribution in [0.3, 0.4) is 0 Å². The summed E-state index contributed by atoms with van der Waals surface area (Å²) in [5.74, 6) is -0.950. The Balaban J connectivity index is 2.30.